The van der Waals surface area contributed by atoms with Gasteiger partial charge in [0.2, 0.25) is 0 Å². The zero-order valence-corrected chi connectivity index (χ0v) is 13.6. The lowest BCUT2D eigenvalue weighted by Gasteiger charge is -2.19. The lowest BCUT2D eigenvalue weighted by Crippen LogP contribution is -2.41. The maximum Gasteiger partial charge on any atom is 0.306 e. The molecule has 0 aromatic heterocycles. The van der Waals surface area contributed by atoms with E-state index < -0.39 is 12.1 Å². The lowest BCUT2D eigenvalue weighted by atomic mass is 10.1. The average Bonchev–Trinajstić information content (AvgIpc) is 3.04. The summed E-state index contributed by atoms with van der Waals surface area (Å²) >= 11 is 0. The van der Waals surface area contributed by atoms with Gasteiger partial charge < -0.3 is 15.2 Å². The highest BCUT2D eigenvalue weighted by Gasteiger charge is 2.31. The predicted molar refractivity (Wildman–Crippen MR) is 90.9 cm³/mol. The van der Waals surface area contributed by atoms with E-state index in [1.807, 2.05) is 42.5 Å². The Morgan fingerprint density at radius 3 is 2.67 bits per heavy atom. The Morgan fingerprint density at radius 2 is 1.92 bits per heavy atom. The summed E-state index contributed by atoms with van der Waals surface area (Å²) in [5.74, 6) is -0.680. The van der Waals surface area contributed by atoms with E-state index in [0.29, 0.717) is 25.0 Å². The number of nitrogens with one attached hydrogen (secondary N) is 1. The van der Waals surface area contributed by atoms with Gasteiger partial charge in [0.15, 0.2) is 6.10 Å². The topological polar surface area (TPSA) is 75.6 Å². The van der Waals surface area contributed by atoms with Crippen LogP contribution in [0.5, 0.6) is 5.75 Å². The van der Waals surface area contributed by atoms with E-state index in [2.05, 4.69) is 5.32 Å². The second kappa shape index (κ2) is 6.91. The average molecular weight is 327 g/mol. The van der Waals surface area contributed by atoms with Gasteiger partial charge in [0.1, 0.15) is 5.75 Å². The number of aliphatic carboxylic acids is 1. The van der Waals surface area contributed by atoms with Crippen LogP contribution < -0.4 is 10.1 Å². The Morgan fingerprint density at radius 1 is 1.17 bits per heavy atom. The molecule has 0 radical (unpaired) electrons. The third-order valence-electron chi connectivity index (χ3n) is 4.55. The first-order chi connectivity index (χ1) is 11.5. The van der Waals surface area contributed by atoms with Gasteiger partial charge in [0, 0.05) is 11.4 Å². The monoisotopic (exact) mass is 327 g/mol. The van der Waals surface area contributed by atoms with Crippen LogP contribution in [0.3, 0.4) is 0 Å². The molecule has 2 aromatic rings. The molecule has 0 heterocycles. The van der Waals surface area contributed by atoms with Crippen molar-refractivity contribution >= 4 is 22.6 Å². The highest BCUT2D eigenvalue weighted by molar-refractivity contribution is 5.89. The van der Waals surface area contributed by atoms with Crippen molar-refractivity contribution in [1.82, 2.24) is 5.32 Å². The molecule has 3 rings (SSSR count). The van der Waals surface area contributed by atoms with Crippen LogP contribution in [-0.2, 0) is 9.59 Å². The van der Waals surface area contributed by atoms with Gasteiger partial charge in [-0.2, -0.15) is 0 Å². The minimum atomic E-state index is -0.785. The molecule has 3 atom stereocenters. The number of ether oxygens (including phenoxy) is 1. The van der Waals surface area contributed by atoms with Crippen LogP contribution in [0.15, 0.2) is 42.5 Å². The molecule has 5 heteroatoms. The Labute approximate surface area is 140 Å². The van der Waals surface area contributed by atoms with Crippen LogP contribution in [0.4, 0.5) is 0 Å². The fourth-order valence-electron chi connectivity index (χ4n) is 3.20. The second-order valence-electron chi connectivity index (χ2n) is 6.29. The third kappa shape index (κ3) is 3.50. The fraction of sp³-hybridized carbons (Fsp3) is 0.368. The minimum Gasteiger partial charge on any atom is -0.481 e. The first kappa shape index (κ1) is 16.3. The predicted octanol–water partition coefficient (Wildman–Crippen LogP) is 2.98. The van der Waals surface area contributed by atoms with E-state index in [4.69, 9.17) is 9.84 Å². The van der Waals surface area contributed by atoms with Crippen molar-refractivity contribution in [1.29, 1.82) is 0 Å². The number of carbonyl (C=O) groups is 2. The molecule has 0 saturated heterocycles. The van der Waals surface area contributed by atoms with E-state index in [1.165, 1.54) is 0 Å². The number of rotatable bonds is 5. The van der Waals surface area contributed by atoms with E-state index >= 15 is 0 Å². The maximum atomic E-state index is 12.3. The summed E-state index contributed by atoms with van der Waals surface area (Å²) in [5, 5.41) is 14.0. The van der Waals surface area contributed by atoms with Crippen molar-refractivity contribution in [2.45, 2.75) is 38.3 Å². The van der Waals surface area contributed by atoms with Gasteiger partial charge in [-0.05, 0) is 37.6 Å². The minimum absolute atomic E-state index is 0.0860. The Kier molecular flexibility index (Phi) is 4.69. The molecule has 1 amide bonds. The molecule has 1 aliphatic rings. The molecule has 5 nitrogen and oxygen atoms in total. The molecule has 0 bridgehead atoms. The number of fused-ring (bicyclic) bond motifs is 1. The SMILES string of the molecule is CC(Oc1cccc2ccccc12)C(=O)N[C@@H]1CC[C@H](C(=O)O)C1. The van der Waals surface area contributed by atoms with E-state index in [-0.39, 0.29) is 17.9 Å². The van der Waals surface area contributed by atoms with Gasteiger partial charge >= 0.3 is 5.97 Å². The molecule has 2 aromatic carbocycles. The van der Waals surface area contributed by atoms with Crippen LogP contribution in [-0.4, -0.2) is 29.1 Å². The first-order valence-electron chi connectivity index (χ1n) is 8.22. The van der Waals surface area contributed by atoms with Gasteiger partial charge in [-0.1, -0.05) is 36.4 Å². The molecular formula is C19H21NO4. The van der Waals surface area contributed by atoms with Crippen molar-refractivity contribution in [3.63, 3.8) is 0 Å². The zero-order valence-electron chi connectivity index (χ0n) is 13.6. The molecule has 2 N–H and O–H groups in total. The lowest BCUT2D eigenvalue weighted by molar-refractivity contribution is -0.141. The number of carboxylic acid groups (broad SMARTS) is 1. The number of hydrogen-bond acceptors (Lipinski definition) is 3. The van der Waals surface area contributed by atoms with Crippen LogP contribution in [0.25, 0.3) is 10.8 Å². The normalized spacial score (nSPS) is 21.4. The van der Waals surface area contributed by atoms with Crippen LogP contribution >= 0.6 is 0 Å². The Bertz CT molecular complexity index is 753. The Balaban J connectivity index is 1.63. The summed E-state index contributed by atoms with van der Waals surface area (Å²) in [6, 6.07) is 13.5. The summed E-state index contributed by atoms with van der Waals surface area (Å²) in [7, 11) is 0. The van der Waals surface area contributed by atoms with Crippen molar-refractivity contribution in [2.75, 3.05) is 0 Å². The van der Waals surface area contributed by atoms with Crippen molar-refractivity contribution in [3.8, 4) is 5.75 Å². The standard InChI is InChI=1S/C19H21NO4/c1-12(18(21)20-15-10-9-14(11-15)19(22)23)24-17-8-4-6-13-5-2-3-7-16(13)17/h2-8,12,14-15H,9-11H2,1H3,(H,20,21)(H,22,23)/t12?,14-,15+/m0/s1. The summed E-state index contributed by atoms with van der Waals surface area (Å²) in [6.45, 7) is 1.71. The van der Waals surface area contributed by atoms with Gasteiger partial charge in [-0.3, -0.25) is 9.59 Å². The Hall–Kier alpha value is -2.56. The summed E-state index contributed by atoms with van der Waals surface area (Å²) in [5.41, 5.74) is 0. The summed E-state index contributed by atoms with van der Waals surface area (Å²) in [6.07, 6.45) is 1.16. The molecule has 126 valence electrons. The van der Waals surface area contributed by atoms with Crippen LogP contribution in [0, 0.1) is 5.92 Å². The van der Waals surface area contributed by atoms with Crippen molar-refractivity contribution in [2.24, 2.45) is 5.92 Å². The zero-order chi connectivity index (χ0) is 17.1. The number of hydrogen-bond donors (Lipinski definition) is 2. The van der Waals surface area contributed by atoms with Gasteiger partial charge in [0.05, 0.1) is 5.92 Å². The second-order valence-corrected chi connectivity index (χ2v) is 6.29. The van der Waals surface area contributed by atoms with E-state index in [1.54, 1.807) is 6.92 Å². The highest BCUT2D eigenvalue weighted by atomic mass is 16.5. The molecule has 0 aliphatic heterocycles. The van der Waals surface area contributed by atoms with Crippen LogP contribution in [0.1, 0.15) is 26.2 Å². The number of carboxylic acids is 1. The number of carbonyl (C=O) groups excluding carboxylic acids is 1. The van der Waals surface area contributed by atoms with Crippen molar-refractivity contribution < 1.29 is 19.4 Å². The maximum absolute atomic E-state index is 12.3. The molecule has 24 heavy (non-hydrogen) atoms. The quantitative estimate of drug-likeness (QED) is 0.885. The van der Waals surface area contributed by atoms with Crippen LogP contribution in [0.2, 0.25) is 0 Å². The molecule has 1 fully saturated rings. The highest BCUT2D eigenvalue weighted by Crippen LogP contribution is 2.27. The summed E-state index contributed by atoms with van der Waals surface area (Å²) in [4.78, 5) is 23.3. The van der Waals surface area contributed by atoms with Gasteiger partial charge in [-0.25, -0.2) is 0 Å². The molecular weight excluding hydrogens is 306 g/mol. The van der Waals surface area contributed by atoms with Crippen molar-refractivity contribution in [3.05, 3.63) is 42.5 Å². The van der Waals surface area contributed by atoms with E-state index in [9.17, 15) is 9.59 Å². The first-order valence-corrected chi connectivity index (χ1v) is 8.22. The largest absolute Gasteiger partial charge is 0.481 e. The smallest absolute Gasteiger partial charge is 0.306 e. The molecule has 0 spiro atoms. The molecule has 1 aliphatic carbocycles. The molecule has 1 unspecified atom stereocenters. The van der Waals surface area contributed by atoms with E-state index in [0.717, 1.165) is 10.8 Å². The number of benzene rings is 2. The van der Waals surface area contributed by atoms with Gasteiger partial charge in [0.25, 0.3) is 5.91 Å². The third-order valence-corrected chi connectivity index (χ3v) is 4.55. The molecule has 1 saturated carbocycles. The number of amides is 1. The van der Waals surface area contributed by atoms with Gasteiger partial charge in [-0.15, -0.1) is 0 Å². The fourth-order valence-corrected chi connectivity index (χ4v) is 3.20. The summed E-state index contributed by atoms with van der Waals surface area (Å²) < 4.78 is 5.85.